The molecule has 78 valence electrons. The van der Waals surface area contributed by atoms with Crippen molar-refractivity contribution in [3.05, 3.63) is 28.5 Å². The van der Waals surface area contributed by atoms with Crippen LogP contribution in [0.2, 0.25) is 0 Å². The first-order valence-corrected chi connectivity index (χ1v) is 5.24. The molecule has 0 saturated heterocycles. The highest BCUT2D eigenvalue weighted by Crippen LogP contribution is 2.30. The Kier molecular flexibility index (Phi) is 3.64. The molecule has 1 heterocycles. The van der Waals surface area contributed by atoms with E-state index < -0.39 is 0 Å². The van der Waals surface area contributed by atoms with Gasteiger partial charge >= 0.3 is 0 Å². The maximum atomic E-state index is 9.19. The Morgan fingerprint density at radius 3 is 2.79 bits per heavy atom. The van der Waals surface area contributed by atoms with Crippen molar-refractivity contribution in [3.8, 4) is 0 Å². The SMILES string of the molecule is CC(C)(CO)[C@@H](N)c1ccnc(Br)c1. The lowest BCUT2D eigenvalue weighted by Crippen LogP contribution is -2.32. The highest BCUT2D eigenvalue weighted by Gasteiger charge is 2.26. The molecule has 0 radical (unpaired) electrons. The van der Waals surface area contributed by atoms with Crippen LogP contribution >= 0.6 is 15.9 Å². The number of nitrogens with two attached hydrogens (primary N) is 1. The number of nitrogens with zero attached hydrogens (tertiary/aromatic N) is 1. The Balaban J connectivity index is 2.94. The summed E-state index contributed by atoms with van der Waals surface area (Å²) in [4.78, 5) is 4.03. The second-order valence-electron chi connectivity index (χ2n) is 4.04. The number of hydrogen-bond donors (Lipinski definition) is 2. The first kappa shape index (κ1) is 11.6. The molecule has 3 N–H and O–H groups in total. The third-order valence-corrected chi connectivity index (χ3v) is 2.79. The first-order chi connectivity index (χ1) is 6.47. The number of pyridine rings is 1. The zero-order valence-electron chi connectivity index (χ0n) is 8.37. The van der Waals surface area contributed by atoms with E-state index >= 15 is 0 Å². The number of hydrogen-bond acceptors (Lipinski definition) is 3. The molecule has 1 rings (SSSR count). The molecular formula is C10H15BrN2O. The summed E-state index contributed by atoms with van der Waals surface area (Å²) in [6.07, 6.45) is 1.70. The monoisotopic (exact) mass is 258 g/mol. The molecule has 0 unspecified atom stereocenters. The van der Waals surface area contributed by atoms with E-state index in [-0.39, 0.29) is 18.1 Å². The molecule has 4 heteroatoms. The van der Waals surface area contributed by atoms with Crippen molar-refractivity contribution in [2.45, 2.75) is 19.9 Å². The van der Waals surface area contributed by atoms with E-state index in [1.807, 2.05) is 26.0 Å². The van der Waals surface area contributed by atoms with Crippen LogP contribution in [0.1, 0.15) is 25.5 Å². The van der Waals surface area contributed by atoms with Crippen LogP contribution in [0.3, 0.4) is 0 Å². The summed E-state index contributed by atoms with van der Waals surface area (Å²) in [7, 11) is 0. The summed E-state index contributed by atoms with van der Waals surface area (Å²) in [5.41, 5.74) is 6.70. The summed E-state index contributed by atoms with van der Waals surface area (Å²) in [5.74, 6) is 0. The fourth-order valence-electron chi connectivity index (χ4n) is 1.16. The van der Waals surface area contributed by atoms with E-state index in [4.69, 9.17) is 5.73 Å². The van der Waals surface area contributed by atoms with Gasteiger partial charge in [-0.2, -0.15) is 0 Å². The van der Waals surface area contributed by atoms with Crippen LogP contribution in [0.5, 0.6) is 0 Å². The minimum atomic E-state index is -0.319. The normalized spacial score (nSPS) is 14.1. The first-order valence-electron chi connectivity index (χ1n) is 4.45. The van der Waals surface area contributed by atoms with Gasteiger partial charge in [0.25, 0.3) is 0 Å². The maximum Gasteiger partial charge on any atom is 0.106 e. The average Bonchev–Trinajstić information content (AvgIpc) is 2.16. The van der Waals surface area contributed by atoms with E-state index in [2.05, 4.69) is 20.9 Å². The molecule has 0 fully saturated rings. The lowest BCUT2D eigenvalue weighted by molar-refractivity contribution is 0.132. The van der Waals surface area contributed by atoms with Gasteiger partial charge in [-0.3, -0.25) is 0 Å². The number of aliphatic hydroxyl groups excluding tert-OH is 1. The minimum Gasteiger partial charge on any atom is -0.396 e. The third kappa shape index (κ3) is 2.53. The van der Waals surface area contributed by atoms with Crippen molar-refractivity contribution < 1.29 is 5.11 Å². The van der Waals surface area contributed by atoms with Crippen LogP contribution in [0.15, 0.2) is 22.9 Å². The summed E-state index contributed by atoms with van der Waals surface area (Å²) in [6.45, 7) is 3.94. The Morgan fingerprint density at radius 1 is 1.64 bits per heavy atom. The van der Waals surface area contributed by atoms with Gasteiger partial charge in [-0.05, 0) is 33.6 Å². The molecule has 0 aromatic carbocycles. The van der Waals surface area contributed by atoms with Crippen molar-refractivity contribution in [2.75, 3.05) is 6.61 Å². The highest BCUT2D eigenvalue weighted by molar-refractivity contribution is 9.10. The molecule has 0 aliphatic carbocycles. The molecule has 0 aliphatic heterocycles. The van der Waals surface area contributed by atoms with Crippen LogP contribution in [0, 0.1) is 5.41 Å². The Labute approximate surface area is 92.5 Å². The molecule has 14 heavy (non-hydrogen) atoms. The van der Waals surface area contributed by atoms with Crippen molar-refractivity contribution in [1.29, 1.82) is 0 Å². The summed E-state index contributed by atoms with van der Waals surface area (Å²) in [6, 6.07) is 3.56. The van der Waals surface area contributed by atoms with Crippen LogP contribution < -0.4 is 5.73 Å². The molecule has 1 aromatic rings. The lowest BCUT2D eigenvalue weighted by atomic mass is 9.82. The van der Waals surface area contributed by atoms with E-state index in [1.54, 1.807) is 6.20 Å². The predicted molar refractivity (Wildman–Crippen MR) is 59.7 cm³/mol. The smallest absolute Gasteiger partial charge is 0.106 e. The quantitative estimate of drug-likeness (QED) is 0.814. The van der Waals surface area contributed by atoms with Crippen molar-refractivity contribution in [3.63, 3.8) is 0 Å². The number of halogens is 1. The van der Waals surface area contributed by atoms with Gasteiger partial charge in [0.15, 0.2) is 0 Å². The Hall–Kier alpha value is -0.450. The fourth-order valence-corrected chi connectivity index (χ4v) is 1.54. The van der Waals surface area contributed by atoms with Gasteiger partial charge in [-0.1, -0.05) is 13.8 Å². The van der Waals surface area contributed by atoms with E-state index in [9.17, 15) is 5.11 Å². The topological polar surface area (TPSA) is 59.1 Å². The van der Waals surface area contributed by atoms with Gasteiger partial charge in [0.05, 0.1) is 0 Å². The summed E-state index contributed by atoms with van der Waals surface area (Å²) >= 11 is 3.29. The standard InChI is InChI=1S/C10H15BrN2O/c1-10(2,6-14)9(12)7-3-4-13-8(11)5-7/h3-5,9,14H,6,12H2,1-2H3/t9-/m0/s1. The minimum absolute atomic E-state index is 0.0636. The van der Waals surface area contributed by atoms with E-state index in [1.165, 1.54) is 0 Å². The zero-order chi connectivity index (χ0) is 10.8. The van der Waals surface area contributed by atoms with Gasteiger partial charge in [0.2, 0.25) is 0 Å². The lowest BCUT2D eigenvalue weighted by Gasteiger charge is -2.29. The zero-order valence-corrected chi connectivity index (χ0v) is 9.95. The third-order valence-electron chi connectivity index (χ3n) is 2.36. The average molecular weight is 259 g/mol. The van der Waals surface area contributed by atoms with Crippen molar-refractivity contribution in [1.82, 2.24) is 4.98 Å². The fraction of sp³-hybridized carbons (Fsp3) is 0.500. The number of aromatic nitrogens is 1. The summed E-state index contributed by atoms with van der Waals surface area (Å²) in [5, 5.41) is 9.19. The van der Waals surface area contributed by atoms with E-state index in [0.29, 0.717) is 0 Å². The van der Waals surface area contributed by atoms with Gasteiger partial charge < -0.3 is 10.8 Å². The molecule has 1 aromatic heterocycles. The summed E-state index contributed by atoms with van der Waals surface area (Å²) < 4.78 is 0.763. The second-order valence-corrected chi connectivity index (χ2v) is 4.85. The molecule has 0 bridgehead atoms. The van der Waals surface area contributed by atoms with Gasteiger partial charge in [-0.25, -0.2) is 4.98 Å². The molecule has 0 aliphatic rings. The Bertz CT molecular complexity index is 315. The van der Waals surface area contributed by atoms with Crippen LogP contribution in [0.25, 0.3) is 0 Å². The van der Waals surface area contributed by atoms with Gasteiger partial charge in [0.1, 0.15) is 4.60 Å². The highest BCUT2D eigenvalue weighted by atomic mass is 79.9. The van der Waals surface area contributed by atoms with Gasteiger partial charge in [-0.15, -0.1) is 0 Å². The Morgan fingerprint density at radius 2 is 2.29 bits per heavy atom. The van der Waals surface area contributed by atoms with Crippen LogP contribution in [-0.2, 0) is 0 Å². The molecule has 3 nitrogen and oxygen atoms in total. The molecular weight excluding hydrogens is 244 g/mol. The molecule has 0 amide bonds. The second kappa shape index (κ2) is 4.38. The largest absolute Gasteiger partial charge is 0.396 e. The number of rotatable bonds is 3. The van der Waals surface area contributed by atoms with Crippen molar-refractivity contribution >= 4 is 15.9 Å². The van der Waals surface area contributed by atoms with Crippen LogP contribution in [0.4, 0.5) is 0 Å². The van der Waals surface area contributed by atoms with E-state index in [0.717, 1.165) is 10.2 Å². The van der Waals surface area contributed by atoms with Gasteiger partial charge in [0, 0.05) is 24.3 Å². The predicted octanol–water partition coefficient (Wildman–Crippen LogP) is 1.86. The maximum absolute atomic E-state index is 9.19. The van der Waals surface area contributed by atoms with Crippen molar-refractivity contribution in [2.24, 2.45) is 11.1 Å². The molecule has 0 saturated carbocycles. The molecule has 1 atom stereocenters. The number of aliphatic hydroxyl groups is 1. The van der Waals surface area contributed by atoms with Crippen LogP contribution in [-0.4, -0.2) is 16.7 Å². The molecule has 0 spiro atoms.